The summed E-state index contributed by atoms with van der Waals surface area (Å²) in [6.45, 7) is 5.98. The Bertz CT molecular complexity index is 648. The molecule has 2 aromatic rings. The van der Waals surface area contributed by atoms with E-state index in [4.69, 9.17) is 9.47 Å². The molecule has 6 nitrogen and oxygen atoms in total. The number of aromatic amines is 2. The number of rotatable bonds is 8. The highest BCUT2D eigenvalue weighted by atomic mass is 19.1. The highest BCUT2D eigenvalue weighted by Crippen LogP contribution is 2.48. The van der Waals surface area contributed by atoms with Crippen molar-refractivity contribution < 1.29 is 13.9 Å². The molecule has 138 valence electrons. The lowest BCUT2D eigenvalue weighted by molar-refractivity contribution is 0.267. The van der Waals surface area contributed by atoms with Crippen LogP contribution in [0, 0.1) is 16.8 Å². The smallest absolute Gasteiger partial charge is 0.235 e. The summed E-state index contributed by atoms with van der Waals surface area (Å²) in [5.74, 6) is 0.675. The highest BCUT2D eigenvalue weighted by molar-refractivity contribution is 5.06. The number of nitrogens with one attached hydrogen (secondary N) is 2. The average molecular weight is 350 g/mol. The number of ether oxygens (including phenoxy) is 2. The molecular weight excluding hydrogens is 323 g/mol. The van der Waals surface area contributed by atoms with Crippen LogP contribution in [0.5, 0.6) is 11.8 Å². The molecule has 2 N–H and O–H groups in total. The molecule has 2 fully saturated rings. The molecule has 0 radical (unpaired) electrons. The van der Waals surface area contributed by atoms with Crippen LogP contribution in [0.2, 0.25) is 0 Å². The monoisotopic (exact) mass is 350 g/mol. The van der Waals surface area contributed by atoms with Crippen LogP contribution in [0.4, 0.5) is 4.39 Å². The number of hydrogen-bond acceptors (Lipinski definition) is 4. The van der Waals surface area contributed by atoms with E-state index in [-0.39, 0.29) is 0 Å². The summed E-state index contributed by atoms with van der Waals surface area (Å²) in [6, 6.07) is 3.10. The highest BCUT2D eigenvalue weighted by Gasteiger charge is 2.37. The Hall–Kier alpha value is -2.05. The summed E-state index contributed by atoms with van der Waals surface area (Å²) in [5.41, 5.74) is 1.06. The molecule has 0 atom stereocenters. The molecule has 0 aromatic carbocycles. The number of hydrogen-bond donors (Lipinski definition) is 2. The van der Waals surface area contributed by atoms with Gasteiger partial charge < -0.3 is 9.47 Å². The minimum absolute atomic E-state index is 0.349. The van der Waals surface area contributed by atoms with Crippen molar-refractivity contribution in [1.29, 1.82) is 0 Å². The van der Waals surface area contributed by atoms with Gasteiger partial charge in [0.1, 0.15) is 0 Å². The van der Waals surface area contributed by atoms with Crippen molar-refractivity contribution in [3.05, 3.63) is 24.3 Å². The third-order valence-corrected chi connectivity index (χ3v) is 5.12. The number of halogens is 1. The molecule has 2 aliphatic rings. The standard InChI is InChI=1S/C9H13FN2O.C9H14N2O/c1-9(2-3-9)4-5-13-8-6-7(10)11-12-8;1-9(3-4-9)5-7-12-8-2-6-10-11-8/h6H,2-5H2,1H3,(H,11,12);2,6H,3-5,7H2,1H3,(H,10,11). The van der Waals surface area contributed by atoms with Crippen LogP contribution in [-0.2, 0) is 0 Å². The molecule has 0 amide bonds. The topological polar surface area (TPSA) is 75.8 Å². The molecule has 0 bridgehead atoms. The van der Waals surface area contributed by atoms with Gasteiger partial charge in [-0.2, -0.15) is 9.49 Å². The van der Waals surface area contributed by atoms with E-state index in [1.165, 1.54) is 31.7 Å². The first kappa shape index (κ1) is 17.8. The van der Waals surface area contributed by atoms with Gasteiger partial charge in [0.2, 0.25) is 17.7 Å². The Balaban J connectivity index is 0.000000146. The van der Waals surface area contributed by atoms with E-state index in [1.54, 1.807) is 6.20 Å². The van der Waals surface area contributed by atoms with Crippen molar-refractivity contribution in [2.75, 3.05) is 13.2 Å². The first-order valence-electron chi connectivity index (χ1n) is 8.92. The van der Waals surface area contributed by atoms with Crippen molar-refractivity contribution in [3.8, 4) is 11.8 Å². The van der Waals surface area contributed by atoms with Gasteiger partial charge in [0.05, 0.1) is 25.5 Å². The minimum atomic E-state index is -0.451. The fourth-order valence-electron chi connectivity index (χ4n) is 2.42. The lowest BCUT2D eigenvalue weighted by atomic mass is 10.1. The average Bonchev–Trinajstić information content (AvgIpc) is 3.34. The quantitative estimate of drug-likeness (QED) is 0.752. The van der Waals surface area contributed by atoms with E-state index < -0.39 is 5.95 Å². The van der Waals surface area contributed by atoms with Gasteiger partial charge in [-0.25, -0.2) is 10.2 Å². The molecule has 0 saturated heterocycles. The second kappa shape index (κ2) is 7.45. The van der Waals surface area contributed by atoms with Gasteiger partial charge >= 0.3 is 0 Å². The summed E-state index contributed by atoms with van der Waals surface area (Å²) in [7, 11) is 0. The van der Waals surface area contributed by atoms with Gasteiger partial charge in [-0.05, 0) is 49.4 Å². The Labute approximate surface area is 147 Å². The zero-order valence-electron chi connectivity index (χ0n) is 15.0. The third kappa shape index (κ3) is 6.07. The Kier molecular flexibility index (Phi) is 5.30. The Morgan fingerprint density at radius 3 is 2.16 bits per heavy atom. The van der Waals surface area contributed by atoms with Gasteiger partial charge in [-0.15, -0.1) is 5.10 Å². The normalized spacial score (nSPS) is 18.8. The van der Waals surface area contributed by atoms with Gasteiger partial charge in [0, 0.05) is 6.07 Å². The van der Waals surface area contributed by atoms with Crippen LogP contribution in [0.25, 0.3) is 0 Å². The van der Waals surface area contributed by atoms with Crippen molar-refractivity contribution in [1.82, 2.24) is 20.4 Å². The Morgan fingerprint density at radius 2 is 1.68 bits per heavy atom. The van der Waals surface area contributed by atoms with Crippen LogP contribution in [0.15, 0.2) is 18.3 Å². The SMILES string of the molecule is CC1(CCOc2cc(F)[nH]n2)CC1.CC1(CCOc2ccn[nH]2)CC1. The molecule has 2 aromatic heterocycles. The van der Waals surface area contributed by atoms with Crippen LogP contribution < -0.4 is 9.47 Å². The van der Waals surface area contributed by atoms with E-state index in [2.05, 4.69) is 34.2 Å². The molecule has 0 aliphatic heterocycles. The molecule has 4 rings (SSSR count). The maximum atomic E-state index is 12.4. The van der Waals surface area contributed by atoms with Crippen molar-refractivity contribution >= 4 is 0 Å². The van der Waals surface area contributed by atoms with E-state index in [0.717, 1.165) is 25.3 Å². The van der Waals surface area contributed by atoms with Crippen LogP contribution in [0.3, 0.4) is 0 Å². The van der Waals surface area contributed by atoms with E-state index >= 15 is 0 Å². The van der Waals surface area contributed by atoms with Gasteiger partial charge in [0.15, 0.2) is 0 Å². The molecule has 2 saturated carbocycles. The van der Waals surface area contributed by atoms with E-state index in [0.29, 0.717) is 23.3 Å². The van der Waals surface area contributed by atoms with E-state index in [9.17, 15) is 4.39 Å². The first-order chi connectivity index (χ1) is 12.0. The minimum Gasteiger partial charge on any atom is -0.478 e. The summed E-state index contributed by atoms with van der Waals surface area (Å²) < 4.78 is 23.1. The number of aromatic nitrogens is 4. The van der Waals surface area contributed by atoms with Crippen LogP contribution in [-0.4, -0.2) is 33.6 Å². The molecule has 0 spiro atoms. The molecule has 0 unspecified atom stereocenters. The van der Waals surface area contributed by atoms with E-state index in [1.807, 2.05) is 6.07 Å². The summed E-state index contributed by atoms with van der Waals surface area (Å²) in [6.07, 6.45) is 9.18. The van der Waals surface area contributed by atoms with Crippen LogP contribution in [0.1, 0.15) is 52.4 Å². The molecular formula is C18H27FN4O2. The molecule has 2 heterocycles. The second-order valence-corrected chi connectivity index (χ2v) is 7.79. The van der Waals surface area contributed by atoms with Crippen molar-refractivity contribution in [3.63, 3.8) is 0 Å². The number of H-pyrrole nitrogens is 2. The van der Waals surface area contributed by atoms with Gasteiger partial charge in [-0.3, -0.25) is 0 Å². The van der Waals surface area contributed by atoms with Crippen LogP contribution >= 0.6 is 0 Å². The summed E-state index contributed by atoms with van der Waals surface area (Å²) in [4.78, 5) is 0. The summed E-state index contributed by atoms with van der Waals surface area (Å²) in [5, 5.41) is 12.4. The maximum Gasteiger partial charge on any atom is 0.235 e. The fraction of sp³-hybridized carbons (Fsp3) is 0.667. The molecule has 2 aliphatic carbocycles. The van der Waals surface area contributed by atoms with Gasteiger partial charge in [-0.1, -0.05) is 13.8 Å². The lowest BCUT2D eigenvalue weighted by Gasteiger charge is -2.07. The predicted octanol–water partition coefficient (Wildman–Crippen LogP) is 4.10. The lowest BCUT2D eigenvalue weighted by Crippen LogP contribution is -2.04. The zero-order chi connectivity index (χ0) is 17.8. The zero-order valence-corrected chi connectivity index (χ0v) is 15.0. The molecule has 7 heteroatoms. The predicted molar refractivity (Wildman–Crippen MR) is 92.0 cm³/mol. The van der Waals surface area contributed by atoms with Gasteiger partial charge in [0.25, 0.3) is 0 Å². The second-order valence-electron chi connectivity index (χ2n) is 7.79. The first-order valence-corrected chi connectivity index (χ1v) is 8.92. The van der Waals surface area contributed by atoms with Crippen molar-refractivity contribution in [2.24, 2.45) is 10.8 Å². The Morgan fingerprint density at radius 1 is 1.04 bits per heavy atom. The maximum absolute atomic E-state index is 12.4. The third-order valence-electron chi connectivity index (χ3n) is 5.12. The number of nitrogens with zero attached hydrogens (tertiary/aromatic N) is 2. The van der Waals surface area contributed by atoms with Crippen molar-refractivity contribution in [2.45, 2.75) is 52.4 Å². The largest absolute Gasteiger partial charge is 0.478 e. The fourth-order valence-corrected chi connectivity index (χ4v) is 2.42. The molecule has 25 heavy (non-hydrogen) atoms. The summed E-state index contributed by atoms with van der Waals surface area (Å²) >= 11 is 0.